The maximum Gasteiger partial charge on any atom is 0.318 e. The molecule has 11 heteroatoms. The molecular weight excluding hydrogens is 380 g/mol. The summed E-state index contributed by atoms with van der Waals surface area (Å²) < 4.78 is 30.2. The van der Waals surface area contributed by atoms with Gasteiger partial charge in [0.05, 0.1) is 28.2 Å². The Bertz CT molecular complexity index is 720. The molecular formula is C13H17ClN2O6S2. The Morgan fingerprint density at radius 1 is 1.50 bits per heavy atom. The first kappa shape index (κ1) is 19.1. The van der Waals surface area contributed by atoms with E-state index in [1.165, 1.54) is 11.3 Å². The third-order valence-corrected chi connectivity index (χ3v) is 5.83. The standard InChI is InChI=1S/C13H17ClN2O6S2/c1-24(20,21)16(8-12(17)18)7-9-6-15(4-5-22-9)13(19)10-2-3-11(14)23-10/h2-3,9H,4-8H2,1H3,(H,17,18)/t9-/m0/s1. The summed E-state index contributed by atoms with van der Waals surface area (Å²) in [6, 6.07) is 3.27. The average molecular weight is 397 g/mol. The van der Waals surface area contributed by atoms with E-state index in [2.05, 4.69) is 0 Å². The van der Waals surface area contributed by atoms with Crippen LogP contribution in [-0.2, 0) is 19.6 Å². The number of thiophene rings is 1. The van der Waals surface area contributed by atoms with Crippen molar-refractivity contribution in [1.29, 1.82) is 0 Å². The number of carboxylic acid groups (broad SMARTS) is 1. The highest BCUT2D eigenvalue weighted by Gasteiger charge is 2.30. The molecule has 134 valence electrons. The van der Waals surface area contributed by atoms with Gasteiger partial charge in [0.15, 0.2) is 0 Å². The molecule has 1 atom stereocenters. The van der Waals surface area contributed by atoms with E-state index in [1.807, 2.05) is 0 Å². The van der Waals surface area contributed by atoms with Gasteiger partial charge in [-0.05, 0) is 12.1 Å². The Balaban J connectivity index is 2.04. The van der Waals surface area contributed by atoms with Crippen LogP contribution < -0.4 is 0 Å². The van der Waals surface area contributed by atoms with Gasteiger partial charge in [-0.3, -0.25) is 9.59 Å². The van der Waals surface area contributed by atoms with Crippen molar-refractivity contribution >= 4 is 44.8 Å². The van der Waals surface area contributed by atoms with Crippen LogP contribution in [0.5, 0.6) is 0 Å². The van der Waals surface area contributed by atoms with Gasteiger partial charge in [-0.25, -0.2) is 8.42 Å². The lowest BCUT2D eigenvalue weighted by Crippen LogP contribution is -2.51. The Kier molecular flexibility index (Phi) is 6.21. The molecule has 0 unspecified atom stereocenters. The van der Waals surface area contributed by atoms with E-state index >= 15 is 0 Å². The number of hydrogen-bond donors (Lipinski definition) is 1. The number of aliphatic carboxylic acids is 1. The summed E-state index contributed by atoms with van der Waals surface area (Å²) in [5, 5.41) is 8.85. The van der Waals surface area contributed by atoms with Crippen LogP contribution in [0.25, 0.3) is 0 Å². The summed E-state index contributed by atoms with van der Waals surface area (Å²) in [4.78, 5) is 25.3. The number of carboxylic acids is 1. The number of ether oxygens (including phenoxy) is 1. The topological polar surface area (TPSA) is 104 Å². The fourth-order valence-electron chi connectivity index (χ4n) is 2.29. The van der Waals surface area contributed by atoms with Crippen molar-refractivity contribution in [1.82, 2.24) is 9.21 Å². The van der Waals surface area contributed by atoms with Crippen molar-refractivity contribution in [3.05, 3.63) is 21.3 Å². The maximum absolute atomic E-state index is 12.4. The second kappa shape index (κ2) is 7.79. The predicted molar refractivity (Wildman–Crippen MR) is 89.0 cm³/mol. The molecule has 8 nitrogen and oxygen atoms in total. The minimum Gasteiger partial charge on any atom is -0.480 e. The molecule has 1 aromatic rings. The second-order valence-corrected chi connectivity index (χ2v) is 8.99. The average Bonchev–Trinajstić information content (AvgIpc) is 2.91. The summed E-state index contributed by atoms with van der Waals surface area (Å²) in [6.07, 6.45) is 0.349. The van der Waals surface area contributed by atoms with Crippen molar-refractivity contribution in [3.63, 3.8) is 0 Å². The molecule has 1 amide bonds. The number of sulfonamides is 1. The quantitative estimate of drug-likeness (QED) is 0.754. The minimum absolute atomic E-state index is 0.125. The molecule has 0 bridgehead atoms. The summed E-state index contributed by atoms with van der Waals surface area (Å²) >= 11 is 7.00. The highest BCUT2D eigenvalue weighted by molar-refractivity contribution is 7.88. The lowest BCUT2D eigenvalue weighted by Gasteiger charge is -2.34. The zero-order valence-corrected chi connectivity index (χ0v) is 15.2. The first-order valence-corrected chi connectivity index (χ1v) is 10.0. The predicted octanol–water partition coefficient (Wildman–Crippen LogP) is 0.589. The Morgan fingerprint density at radius 3 is 2.75 bits per heavy atom. The fraction of sp³-hybridized carbons (Fsp3) is 0.538. The smallest absolute Gasteiger partial charge is 0.318 e. The molecule has 0 saturated carbocycles. The maximum atomic E-state index is 12.4. The van der Waals surface area contributed by atoms with E-state index < -0.39 is 28.6 Å². The number of nitrogens with zero attached hydrogens (tertiary/aromatic N) is 2. The Labute approximate surface area is 148 Å². The number of hydrogen-bond acceptors (Lipinski definition) is 6. The molecule has 1 aromatic heterocycles. The SMILES string of the molecule is CS(=O)(=O)N(CC(=O)O)C[C@@H]1CN(C(=O)c2ccc(Cl)s2)CCO1. The molecule has 0 aliphatic carbocycles. The normalized spacial score (nSPS) is 18.8. The molecule has 1 aliphatic rings. The van der Waals surface area contributed by atoms with Gasteiger partial charge in [0.2, 0.25) is 10.0 Å². The van der Waals surface area contributed by atoms with Crippen LogP contribution >= 0.6 is 22.9 Å². The lowest BCUT2D eigenvalue weighted by molar-refractivity contribution is -0.137. The van der Waals surface area contributed by atoms with E-state index in [1.54, 1.807) is 17.0 Å². The molecule has 1 fully saturated rings. The fourth-order valence-corrected chi connectivity index (χ4v) is 4.09. The van der Waals surface area contributed by atoms with Gasteiger partial charge in [-0.1, -0.05) is 11.6 Å². The van der Waals surface area contributed by atoms with Crippen LogP contribution in [0.15, 0.2) is 12.1 Å². The third-order valence-electron chi connectivity index (χ3n) is 3.40. The summed E-state index contributed by atoms with van der Waals surface area (Å²) in [6.45, 7) is 0.0378. The zero-order valence-electron chi connectivity index (χ0n) is 12.8. The van der Waals surface area contributed by atoms with E-state index in [-0.39, 0.29) is 25.6 Å². The van der Waals surface area contributed by atoms with Gasteiger partial charge in [0, 0.05) is 19.6 Å². The summed E-state index contributed by atoms with van der Waals surface area (Å²) in [5.74, 6) is -1.46. The number of rotatable bonds is 6. The van der Waals surface area contributed by atoms with Gasteiger partial charge in [0.25, 0.3) is 5.91 Å². The van der Waals surface area contributed by atoms with Crippen LogP contribution in [0.4, 0.5) is 0 Å². The molecule has 1 N–H and O–H groups in total. The van der Waals surface area contributed by atoms with Crippen LogP contribution in [0.1, 0.15) is 9.67 Å². The highest BCUT2D eigenvalue weighted by Crippen LogP contribution is 2.23. The van der Waals surface area contributed by atoms with Crippen molar-refractivity contribution < 1.29 is 27.9 Å². The summed E-state index contributed by atoms with van der Waals surface area (Å²) in [5.41, 5.74) is 0. The number of carbonyl (C=O) groups is 2. The molecule has 1 saturated heterocycles. The van der Waals surface area contributed by atoms with Crippen LogP contribution in [-0.4, -0.2) is 79.8 Å². The van der Waals surface area contributed by atoms with E-state index in [9.17, 15) is 18.0 Å². The molecule has 24 heavy (non-hydrogen) atoms. The van der Waals surface area contributed by atoms with Crippen molar-refractivity contribution in [3.8, 4) is 0 Å². The summed E-state index contributed by atoms with van der Waals surface area (Å²) in [7, 11) is -3.69. The molecule has 2 rings (SSSR count). The number of carbonyl (C=O) groups excluding carboxylic acids is 1. The molecule has 0 spiro atoms. The third kappa shape index (κ3) is 5.15. The van der Waals surface area contributed by atoms with Crippen LogP contribution in [0.2, 0.25) is 4.34 Å². The van der Waals surface area contributed by atoms with Crippen molar-refractivity contribution in [2.45, 2.75) is 6.10 Å². The monoisotopic (exact) mass is 396 g/mol. The lowest BCUT2D eigenvalue weighted by atomic mass is 10.2. The highest BCUT2D eigenvalue weighted by atomic mass is 35.5. The van der Waals surface area contributed by atoms with Gasteiger partial charge < -0.3 is 14.7 Å². The number of amides is 1. The van der Waals surface area contributed by atoms with Gasteiger partial charge in [0.1, 0.15) is 6.54 Å². The van der Waals surface area contributed by atoms with Crippen molar-refractivity contribution in [2.75, 3.05) is 39.0 Å². The van der Waals surface area contributed by atoms with E-state index in [0.29, 0.717) is 15.8 Å². The zero-order chi connectivity index (χ0) is 17.9. The molecule has 0 radical (unpaired) electrons. The Morgan fingerprint density at radius 2 is 2.21 bits per heavy atom. The van der Waals surface area contributed by atoms with E-state index in [0.717, 1.165) is 10.6 Å². The molecule has 0 aromatic carbocycles. The number of morpholine rings is 1. The largest absolute Gasteiger partial charge is 0.480 e. The van der Waals surface area contributed by atoms with Crippen LogP contribution in [0, 0.1) is 0 Å². The van der Waals surface area contributed by atoms with E-state index in [4.69, 9.17) is 21.4 Å². The van der Waals surface area contributed by atoms with Gasteiger partial charge >= 0.3 is 5.97 Å². The van der Waals surface area contributed by atoms with Crippen molar-refractivity contribution in [2.24, 2.45) is 0 Å². The first-order valence-electron chi connectivity index (χ1n) is 7.00. The van der Waals surface area contributed by atoms with Gasteiger partial charge in [-0.2, -0.15) is 4.31 Å². The van der Waals surface area contributed by atoms with Crippen LogP contribution in [0.3, 0.4) is 0 Å². The van der Waals surface area contributed by atoms with Gasteiger partial charge in [-0.15, -0.1) is 11.3 Å². The molecule has 1 aliphatic heterocycles. The Hall–Kier alpha value is -1.20. The minimum atomic E-state index is -3.69. The number of halogens is 1. The first-order chi connectivity index (χ1) is 11.2. The second-order valence-electron chi connectivity index (χ2n) is 5.30. The molecule has 2 heterocycles.